The third-order valence-corrected chi connectivity index (χ3v) is 3.73. The van der Waals surface area contributed by atoms with Crippen LogP contribution in [0, 0.1) is 11.3 Å². The van der Waals surface area contributed by atoms with E-state index in [9.17, 15) is 9.59 Å². The highest BCUT2D eigenvalue weighted by molar-refractivity contribution is 5.90. The van der Waals surface area contributed by atoms with Crippen molar-refractivity contribution in [2.75, 3.05) is 20.1 Å². The van der Waals surface area contributed by atoms with Crippen molar-refractivity contribution in [1.29, 1.82) is 0 Å². The van der Waals surface area contributed by atoms with Gasteiger partial charge < -0.3 is 16.0 Å². The molecule has 17 heavy (non-hydrogen) atoms. The highest BCUT2D eigenvalue weighted by Crippen LogP contribution is 2.34. The standard InChI is InChI=1S/C12H23N3O2/c1-8(2)12(5-6-14-7-12)11(17)15-9(3)10(16)13-4/h8-9,14H,5-7H2,1-4H3,(H,13,16)(H,15,17). The van der Waals surface area contributed by atoms with Gasteiger partial charge in [0.2, 0.25) is 11.8 Å². The van der Waals surface area contributed by atoms with Crippen molar-refractivity contribution in [3.8, 4) is 0 Å². The minimum atomic E-state index is -0.483. The van der Waals surface area contributed by atoms with E-state index in [4.69, 9.17) is 0 Å². The molecule has 1 fully saturated rings. The number of likely N-dealkylation sites (N-methyl/N-ethyl adjacent to an activating group) is 1. The van der Waals surface area contributed by atoms with Crippen LogP contribution < -0.4 is 16.0 Å². The molecular formula is C12H23N3O2. The van der Waals surface area contributed by atoms with E-state index in [2.05, 4.69) is 29.8 Å². The molecule has 0 radical (unpaired) electrons. The van der Waals surface area contributed by atoms with Crippen LogP contribution in [-0.4, -0.2) is 38.0 Å². The highest BCUT2D eigenvalue weighted by Gasteiger charge is 2.44. The van der Waals surface area contributed by atoms with Crippen LogP contribution in [-0.2, 0) is 9.59 Å². The van der Waals surface area contributed by atoms with Crippen molar-refractivity contribution >= 4 is 11.8 Å². The van der Waals surface area contributed by atoms with Gasteiger partial charge in [-0.1, -0.05) is 13.8 Å². The van der Waals surface area contributed by atoms with Crippen LogP contribution in [0.4, 0.5) is 0 Å². The number of carbonyl (C=O) groups is 2. The number of rotatable bonds is 4. The Labute approximate surface area is 103 Å². The molecule has 0 aromatic rings. The Morgan fingerprint density at radius 1 is 1.29 bits per heavy atom. The van der Waals surface area contributed by atoms with Gasteiger partial charge in [0.1, 0.15) is 6.04 Å². The molecule has 1 aliphatic rings. The number of hydrogen-bond acceptors (Lipinski definition) is 3. The van der Waals surface area contributed by atoms with Gasteiger partial charge in [0.05, 0.1) is 5.41 Å². The molecule has 1 saturated heterocycles. The van der Waals surface area contributed by atoms with E-state index in [1.54, 1.807) is 14.0 Å². The Morgan fingerprint density at radius 2 is 1.94 bits per heavy atom. The SMILES string of the molecule is CNC(=O)C(C)NC(=O)C1(C(C)C)CCNC1. The molecule has 5 heteroatoms. The normalized spacial score (nSPS) is 25.7. The maximum atomic E-state index is 12.3. The largest absolute Gasteiger partial charge is 0.357 e. The maximum absolute atomic E-state index is 12.3. The third-order valence-electron chi connectivity index (χ3n) is 3.73. The average Bonchev–Trinajstić information content (AvgIpc) is 2.77. The van der Waals surface area contributed by atoms with Gasteiger partial charge in [-0.15, -0.1) is 0 Å². The number of amides is 2. The predicted octanol–water partition coefficient (Wildman–Crippen LogP) is -0.127. The van der Waals surface area contributed by atoms with Gasteiger partial charge in [-0.05, 0) is 25.8 Å². The second-order valence-electron chi connectivity index (χ2n) is 5.05. The van der Waals surface area contributed by atoms with Crippen LogP contribution in [0.25, 0.3) is 0 Å². The zero-order chi connectivity index (χ0) is 13.1. The summed E-state index contributed by atoms with van der Waals surface area (Å²) >= 11 is 0. The van der Waals surface area contributed by atoms with Crippen LogP contribution in [0.5, 0.6) is 0 Å². The van der Waals surface area contributed by atoms with Gasteiger partial charge in [0, 0.05) is 13.6 Å². The van der Waals surface area contributed by atoms with E-state index in [0.717, 1.165) is 13.0 Å². The molecule has 0 saturated carbocycles. The van der Waals surface area contributed by atoms with Crippen molar-refractivity contribution in [3.05, 3.63) is 0 Å². The minimum absolute atomic E-state index is 0.0198. The van der Waals surface area contributed by atoms with Crippen LogP contribution in [0.3, 0.4) is 0 Å². The molecule has 98 valence electrons. The maximum Gasteiger partial charge on any atom is 0.242 e. The van der Waals surface area contributed by atoms with Crippen molar-refractivity contribution in [3.63, 3.8) is 0 Å². The highest BCUT2D eigenvalue weighted by atomic mass is 16.2. The summed E-state index contributed by atoms with van der Waals surface area (Å²) in [6.07, 6.45) is 0.830. The average molecular weight is 241 g/mol. The Bertz CT molecular complexity index is 296. The van der Waals surface area contributed by atoms with Gasteiger partial charge >= 0.3 is 0 Å². The first kappa shape index (κ1) is 14.0. The Hall–Kier alpha value is -1.10. The Kier molecular flexibility index (Phi) is 4.51. The van der Waals surface area contributed by atoms with Crippen molar-refractivity contribution in [2.24, 2.45) is 11.3 Å². The molecule has 0 bridgehead atoms. The van der Waals surface area contributed by atoms with E-state index in [-0.39, 0.29) is 23.1 Å². The second kappa shape index (κ2) is 5.49. The van der Waals surface area contributed by atoms with E-state index in [0.29, 0.717) is 6.54 Å². The molecule has 0 aromatic carbocycles. The lowest BCUT2D eigenvalue weighted by atomic mass is 9.75. The summed E-state index contributed by atoms with van der Waals surface area (Å²) < 4.78 is 0. The van der Waals surface area contributed by atoms with E-state index in [1.165, 1.54) is 0 Å². The third kappa shape index (κ3) is 2.77. The summed E-state index contributed by atoms with van der Waals surface area (Å²) in [5, 5.41) is 8.57. The minimum Gasteiger partial charge on any atom is -0.357 e. The van der Waals surface area contributed by atoms with Crippen molar-refractivity contribution in [2.45, 2.75) is 33.2 Å². The first-order valence-corrected chi connectivity index (χ1v) is 6.17. The predicted molar refractivity (Wildman–Crippen MR) is 66.4 cm³/mol. The van der Waals surface area contributed by atoms with E-state index >= 15 is 0 Å². The molecule has 3 N–H and O–H groups in total. The zero-order valence-corrected chi connectivity index (χ0v) is 11.1. The van der Waals surface area contributed by atoms with Crippen LogP contribution in [0.2, 0.25) is 0 Å². The van der Waals surface area contributed by atoms with Gasteiger partial charge in [0.25, 0.3) is 0 Å². The molecule has 1 aliphatic heterocycles. The second-order valence-corrected chi connectivity index (χ2v) is 5.05. The molecule has 1 heterocycles. The summed E-state index contributed by atoms with van der Waals surface area (Å²) in [5.41, 5.74) is -0.373. The van der Waals surface area contributed by atoms with Crippen LogP contribution >= 0.6 is 0 Å². The number of hydrogen-bond donors (Lipinski definition) is 3. The van der Waals surface area contributed by atoms with Crippen molar-refractivity contribution in [1.82, 2.24) is 16.0 Å². The smallest absolute Gasteiger partial charge is 0.242 e. The lowest BCUT2D eigenvalue weighted by Crippen LogP contribution is -2.52. The summed E-state index contributed by atoms with van der Waals surface area (Å²) in [7, 11) is 1.57. The quantitative estimate of drug-likeness (QED) is 0.642. The molecule has 2 amide bonds. The summed E-state index contributed by atoms with van der Waals surface area (Å²) in [6, 6.07) is -0.483. The summed E-state index contributed by atoms with van der Waals surface area (Å²) in [6.45, 7) is 7.36. The molecule has 1 rings (SSSR count). The fraction of sp³-hybridized carbons (Fsp3) is 0.833. The molecular weight excluding hydrogens is 218 g/mol. The summed E-state index contributed by atoms with van der Waals surface area (Å²) in [4.78, 5) is 23.7. The lowest BCUT2D eigenvalue weighted by molar-refractivity contribution is -0.136. The van der Waals surface area contributed by atoms with Crippen molar-refractivity contribution < 1.29 is 9.59 Å². The Balaban J connectivity index is 2.70. The molecule has 2 unspecified atom stereocenters. The molecule has 0 aliphatic carbocycles. The van der Waals surface area contributed by atoms with Gasteiger partial charge in [-0.25, -0.2) is 0 Å². The molecule has 0 aromatic heterocycles. The Morgan fingerprint density at radius 3 is 2.35 bits per heavy atom. The zero-order valence-electron chi connectivity index (χ0n) is 11.1. The fourth-order valence-corrected chi connectivity index (χ4v) is 2.28. The topological polar surface area (TPSA) is 70.2 Å². The van der Waals surface area contributed by atoms with Gasteiger partial charge in [-0.3, -0.25) is 9.59 Å². The lowest BCUT2D eigenvalue weighted by Gasteiger charge is -2.32. The van der Waals surface area contributed by atoms with E-state index in [1.807, 2.05) is 0 Å². The molecule has 0 spiro atoms. The first-order chi connectivity index (χ1) is 7.94. The van der Waals surface area contributed by atoms with Gasteiger partial charge in [-0.2, -0.15) is 0 Å². The fourth-order valence-electron chi connectivity index (χ4n) is 2.28. The molecule has 5 nitrogen and oxygen atoms in total. The first-order valence-electron chi connectivity index (χ1n) is 6.17. The van der Waals surface area contributed by atoms with Crippen LogP contribution in [0.15, 0.2) is 0 Å². The number of nitrogens with one attached hydrogen (secondary N) is 3. The summed E-state index contributed by atoms with van der Waals surface area (Å²) in [5.74, 6) is 0.0752. The van der Waals surface area contributed by atoms with Crippen LogP contribution in [0.1, 0.15) is 27.2 Å². The van der Waals surface area contributed by atoms with Gasteiger partial charge in [0.15, 0.2) is 0 Å². The monoisotopic (exact) mass is 241 g/mol. The number of carbonyl (C=O) groups excluding carboxylic acids is 2. The molecule has 2 atom stereocenters. The van der Waals surface area contributed by atoms with E-state index < -0.39 is 6.04 Å².